The molecule has 0 bridgehead atoms. The van der Waals surface area contributed by atoms with E-state index in [4.69, 9.17) is 0 Å². The molecule has 0 fully saturated rings. The molecule has 0 aromatic heterocycles. The molecule has 0 aliphatic carbocycles. The third kappa shape index (κ3) is 15.2. The maximum absolute atomic E-state index is 10.9. The Kier molecular flexibility index (Phi) is 14.6. The zero-order valence-electron chi connectivity index (χ0n) is 13.0. The van der Waals surface area contributed by atoms with E-state index in [1.807, 2.05) is 0 Å². The summed E-state index contributed by atoms with van der Waals surface area (Å²) in [6.45, 7) is 2.26. The Morgan fingerprint density at radius 3 is 1.95 bits per heavy atom. The average Bonchev–Trinajstić information content (AvgIpc) is 2.43. The molecule has 2 heteroatoms. The second-order valence-electron chi connectivity index (χ2n) is 5.20. The smallest absolute Gasteiger partial charge is 0.305 e. The van der Waals surface area contributed by atoms with Crippen molar-refractivity contribution in [2.75, 3.05) is 7.11 Å². The van der Waals surface area contributed by atoms with Crippen molar-refractivity contribution in [1.82, 2.24) is 0 Å². The third-order valence-electron chi connectivity index (χ3n) is 3.37. The van der Waals surface area contributed by atoms with Crippen LogP contribution in [0.15, 0.2) is 12.2 Å². The van der Waals surface area contributed by atoms with Crippen LogP contribution >= 0.6 is 0 Å². The molecule has 2 nitrogen and oxygen atoms in total. The molecule has 0 radical (unpaired) electrons. The van der Waals surface area contributed by atoms with Gasteiger partial charge in [-0.15, -0.1) is 0 Å². The summed E-state index contributed by atoms with van der Waals surface area (Å²) in [7, 11) is 1.44. The van der Waals surface area contributed by atoms with Crippen LogP contribution in [0.2, 0.25) is 0 Å². The Labute approximate surface area is 119 Å². The minimum atomic E-state index is -0.100. The van der Waals surface area contributed by atoms with Crippen molar-refractivity contribution in [3.63, 3.8) is 0 Å². The van der Waals surface area contributed by atoms with E-state index in [9.17, 15) is 4.79 Å². The lowest BCUT2D eigenvalue weighted by atomic mass is 10.1. The molecule has 19 heavy (non-hydrogen) atoms. The minimum Gasteiger partial charge on any atom is -0.469 e. The van der Waals surface area contributed by atoms with Crippen LogP contribution in [0.3, 0.4) is 0 Å². The lowest BCUT2D eigenvalue weighted by molar-refractivity contribution is -0.140. The third-order valence-corrected chi connectivity index (χ3v) is 3.37. The monoisotopic (exact) mass is 268 g/mol. The van der Waals surface area contributed by atoms with Gasteiger partial charge in [-0.3, -0.25) is 4.79 Å². The number of unbranched alkanes of at least 4 members (excludes halogenated alkanes) is 9. The van der Waals surface area contributed by atoms with Crippen molar-refractivity contribution < 1.29 is 9.53 Å². The zero-order chi connectivity index (χ0) is 14.2. The Hall–Kier alpha value is -0.790. The molecule has 0 N–H and O–H groups in total. The molecule has 0 saturated carbocycles. The molecule has 0 spiro atoms. The topological polar surface area (TPSA) is 26.3 Å². The molecule has 0 amide bonds. The zero-order valence-corrected chi connectivity index (χ0v) is 13.0. The number of hydrogen-bond donors (Lipinski definition) is 0. The maximum Gasteiger partial charge on any atom is 0.305 e. The largest absolute Gasteiger partial charge is 0.469 e. The summed E-state index contributed by atoms with van der Waals surface area (Å²) in [5.41, 5.74) is 0. The van der Waals surface area contributed by atoms with Crippen LogP contribution in [0.1, 0.15) is 84.0 Å². The van der Waals surface area contributed by atoms with Crippen LogP contribution in [0.4, 0.5) is 0 Å². The van der Waals surface area contributed by atoms with E-state index >= 15 is 0 Å². The van der Waals surface area contributed by atoms with Gasteiger partial charge >= 0.3 is 5.97 Å². The van der Waals surface area contributed by atoms with Crippen molar-refractivity contribution in [3.8, 4) is 0 Å². The Morgan fingerprint density at radius 2 is 1.37 bits per heavy atom. The highest BCUT2D eigenvalue weighted by Crippen LogP contribution is 2.10. The van der Waals surface area contributed by atoms with E-state index in [0.29, 0.717) is 6.42 Å². The first-order valence-electron chi connectivity index (χ1n) is 8.03. The quantitative estimate of drug-likeness (QED) is 0.253. The first kappa shape index (κ1) is 18.2. The fourth-order valence-electron chi connectivity index (χ4n) is 2.10. The molecule has 112 valence electrons. The van der Waals surface area contributed by atoms with Gasteiger partial charge in [0.25, 0.3) is 0 Å². The van der Waals surface area contributed by atoms with Crippen molar-refractivity contribution in [1.29, 1.82) is 0 Å². The lowest BCUT2D eigenvalue weighted by Gasteiger charge is -2.00. The molecular formula is C17H32O2. The van der Waals surface area contributed by atoms with E-state index in [2.05, 4.69) is 23.8 Å². The van der Waals surface area contributed by atoms with Gasteiger partial charge in [0, 0.05) is 6.42 Å². The molecule has 0 unspecified atom stereocenters. The van der Waals surface area contributed by atoms with Gasteiger partial charge in [-0.1, -0.05) is 64.0 Å². The average molecular weight is 268 g/mol. The van der Waals surface area contributed by atoms with Crippen molar-refractivity contribution in [2.45, 2.75) is 84.0 Å². The molecular weight excluding hydrogens is 236 g/mol. The Morgan fingerprint density at radius 1 is 0.842 bits per heavy atom. The first-order valence-corrected chi connectivity index (χ1v) is 8.03. The highest BCUT2D eigenvalue weighted by molar-refractivity contribution is 5.68. The summed E-state index contributed by atoms with van der Waals surface area (Å²) < 4.78 is 4.59. The van der Waals surface area contributed by atoms with E-state index in [0.717, 1.165) is 12.8 Å². The second kappa shape index (κ2) is 15.3. The number of ether oxygens (including phenoxy) is 1. The fraction of sp³-hybridized carbons (Fsp3) is 0.824. The molecule has 0 saturated heterocycles. The van der Waals surface area contributed by atoms with Crippen LogP contribution in [-0.4, -0.2) is 13.1 Å². The number of hydrogen-bond acceptors (Lipinski definition) is 2. The van der Waals surface area contributed by atoms with Crippen LogP contribution in [-0.2, 0) is 9.53 Å². The molecule has 0 aromatic rings. The van der Waals surface area contributed by atoms with Gasteiger partial charge in [-0.2, -0.15) is 0 Å². The summed E-state index contributed by atoms with van der Waals surface area (Å²) in [6.07, 6.45) is 19.1. The summed E-state index contributed by atoms with van der Waals surface area (Å²) in [5.74, 6) is -0.100. The summed E-state index contributed by atoms with van der Waals surface area (Å²) in [4.78, 5) is 10.9. The van der Waals surface area contributed by atoms with E-state index in [1.165, 1.54) is 64.9 Å². The lowest BCUT2D eigenvalue weighted by Crippen LogP contribution is -1.98. The number of esters is 1. The van der Waals surface area contributed by atoms with Crippen molar-refractivity contribution in [2.24, 2.45) is 0 Å². The molecule has 0 aromatic carbocycles. The first-order chi connectivity index (χ1) is 9.31. The number of carbonyl (C=O) groups excluding carboxylic acids is 1. The summed E-state index contributed by atoms with van der Waals surface area (Å²) >= 11 is 0. The van der Waals surface area contributed by atoms with Gasteiger partial charge in [0.15, 0.2) is 0 Å². The van der Waals surface area contributed by atoms with Gasteiger partial charge in [0.05, 0.1) is 7.11 Å². The molecule has 0 aliphatic heterocycles. The second-order valence-corrected chi connectivity index (χ2v) is 5.20. The fourth-order valence-corrected chi connectivity index (χ4v) is 2.10. The number of carbonyl (C=O) groups is 1. The van der Waals surface area contributed by atoms with Gasteiger partial charge in [0.2, 0.25) is 0 Å². The standard InChI is InChI=1S/C17H32O2/c1-3-4-5-6-7-8-9-10-11-12-13-14-15-16-17(18)19-2/h12-13H,3-11,14-16H2,1-2H3. The summed E-state index contributed by atoms with van der Waals surface area (Å²) in [5, 5.41) is 0. The number of methoxy groups -OCH3 is 1. The normalized spacial score (nSPS) is 11.1. The van der Waals surface area contributed by atoms with E-state index in [1.54, 1.807) is 0 Å². The van der Waals surface area contributed by atoms with Crippen LogP contribution in [0.5, 0.6) is 0 Å². The molecule has 0 rings (SSSR count). The van der Waals surface area contributed by atoms with Crippen LogP contribution < -0.4 is 0 Å². The van der Waals surface area contributed by atoms with E-state index < -0.39 is 0 Å². The number of rotatable bonds is 13. The van der Waals surface area contributed by atoms with Crippen LogP contribution in [0, 0.1) is 0 Å². The Bertz CT molecular complexity index is 221. The van der Waals surface area contributed by atoms with Crippen molar-refractivity contribution in [3.05, 3.63) is 12.2 Å². The van der Waals surface area contributed by atoms with Gasteiger partial charge in [0.1, 0.15) is 0 Å². The van der Waals surface area contributed by atoms with Gasteiger partial charge < -0.3 is 4.74 Å². The highest BCUT2D eigenvalue weighted by atomic mass is 16.5. The minimum absolute atomic E-state index is 0.100. The summed E-state index contributed by atoms with van der Waals surface area (Å²) in [6, 6.07) is 0. The highest BCUT2D eigenvalue weighted by Gasteiger charge is 1.96. The SMILES string of the molecule is CCCCCCCCCCC=CCCCC(=O)OC. The molecule has 0 aliphatic rings. The number of allylic oxidation sites excluding steroid dienone is 2. The molecule has 0 heterocycles. The molecule has 0 atom stereocenters. The van der Waals surface area contributed by atoms with Gasteiger partial charge in [-0.05, 0) is 25.7 Å². The predicted octanol–water partition coefficient (Wildman–Crippen LogP) is 5.42. The van der Waals surface area contributed by atoms with Gasteiger partial charge in [-0.25, -0.2) is 0 Å². The van der Waals surface area contributed by atoms with Crippen molar-refractivity contribution >= 4 is 5.97 Å². The maximum atomic E-state index is 10.9. The van der Waals surface area contributed by atoms with Crippen LogP contribution in [0.25, 0.3) is 0 Å². The van der Waals surface area contributed by atoms with E-state index in [-0.39, 0.29) is 5.97 Å². The Balaban J connectivity index is 3.10. The predicted molar refractivity (Wildman–Crippen MR) is 82.2 cm³/mol.